The van der Waals surface area contributed by atoms with Crippen molar-refractivity contribution in [3.63, 3.8) is 0 Å². The summed E-state index contributed by atoms with van der Waals surface area (Å²) in [5, 5.41) is 0.713. The lowest BCUT2D eigenvalue weighted by Gasteiger charge is -2.33. The number of piperidine rings is 1. The Morgan fingerprint density at radius 1 is 1.31 bits per heavy atom. The van der Waals surface area contributed by atoms with Crippen LogP contribution in [0, 0.1) is 0 Å². The molecule has 0 bridgehead atoms. The Balaban J connectivity index is 1.55. The van der Waals surface area contributed by atoms with Crippen molar-refractivity contribution in [2.45, 2.75) is 31.7 Å². The summed E-state index contributed by atoms with van der Waals surface area (Å²) in [6, 6.07) is 7.58. The molecule has 7 heteroatoms. The van der Waals surface area contributed by atoms with Gasteiger partial charge in [0.2, 0.25) is 5.89 Å². The van der Waals surface area contributed by atoms with Crippen LogP contribution in [-0.2, 0) is 6.42 Å². The lowest BCUT2D eigenvalue weighted by Crippen LogP contribution is -2.38. The molecular weight excluding hydrogens is 370 g/mol. The number of likely N-dealkylation sites (tertiary alicyclic amines) is 1. The summed E-state index contributed by atoms with van der Waals surface area (Å²) in [7, 11) is 0. The van der Waals surface area contributed by atoms with Crippen LogP contribution < -0.4 is 0 Å². The van der Waals surface area contributed by atoms with Gasteiger partial charge in [-0.05, 0) is 30.9 Å². The maximum Gasteiger partial charge on any atom is 0.266 e. The van der Waals surface area contributed by atoms with Crippen molar-refractivity contribution in [2.24, 2.45) is 0 Å². The van der Waals surface area contributed by atoms with Crippen LogP contribution in [0.2, 0.25) is 5.02 Å². The number of benzene rings is 1. The maximum absolute atomic E-state index is 12.8. The van der Waals surface area contributed by atoms with Crippen molar-refractivity contribution in [2.75, 3.05) is 6.54 Å². The Kier molecular flexibility index (Phi) is 5.04. The third-order valence-corrected chi connectivity index (χ3v) is 5.72. The Bertz CT molecular complexity index is 894. The van der Waals surface area contributed by atoms with Crippen LogP contribution >= 0.6 is 22.9 Å². The Hall–Kier alpha value is -2.18. The van der Waals surface area contributed by atoms with Gasteiger partial charge in [-0.2, -0.15) is 0 Å². The number of hydrogen-bond donors (Lipinski definition) is 0. The molecule has 1 saturated heterocycles. The fraction of sp³-hybridized carbons (Fsp3) is 0.316. The molecule has 0 radical (unpaired) electrons. The molecule has 0 spiro atoms. The topological polar surface area (TPSA) is 59.2 Å². The minimum absolute atomic E-state index is 0.00283. The second-order valence-electron chi connectivity index (χ2n) is 6.31. The monoisotopic (exact) mass is 387 g/mol. The SMILES string of the molecule is O=C(c1cncs1)N1CCCC[C@@H]1c1ncc(Cc2ccccc2Cl)o1. The second kappa shape index (κ2) is 7.60. The minimum atomic E-state index is -0.127. The highest BCUT2D eigenvalue weighted by Crippen LogP contribution is 2.33. The van der Waals surface area contributed by atoms with Gasteiger partial charge in [0.1, 0.15) is 16.7 Å². The normalized spacial score (nSPS) is 17.4. The van der Waals surface area contributed by atoms with Gasteiger partial charge in [-0.3, -0.25) is 9.78 Å². The zero-order chi connectivity index (χ0) is 17.9. The predicted molar refractivity (Wildman–Crippen MR) is 101 cm³/mol. The van der Waals surface area contributed by atoms with E-state index in [0.29, 0.717) is 28.8 Å². The first-order valence-corrected chi connectivity index (χ1v) is 9.85. The number of hydrogen-bond acceptors (Lipinski definition) is 5. The highest BCUT2D eigenvalue weighted by atomic mass is 35.5. The molecule has 0 aliphatic carbocycles. The molecule has 3 heterocycles. The van der Waals surface area contributed by atoms with Crippen LogP contribution in [0.5, 0.6) is 0 Å². The molecule has 0 saturated carbocycles. The fourth-order valence-electron chi connectivity index (χ4n) is 3.28. The molecule has 1 aliphatic rings. The first-order chi connectivity index (χ1) is 12.7. The van der Waals surface area contributed by atoms with Gasteiger partial charge in [-0.1, -0.05) is 29.8 Å². The molecule has 4 rings (SSSR count). The average Bonchev–Trinajstić information content (AvgIpc) is 3.35. The van der Waals surface area contributed by atoms with E-state index in [1.807, 2.05) is 29.2 Å². The molecular formula is C19H18ClN3O2S. The van der Waals surface area contributed by atoms with Crippen molar-refractivity contribution in [1.82, 2.24) is 14.9 Å². The molecule has 1 aliphatic heterocycles. The number of thiazole rings is 1. The summed E-state index contributed by atoms with van der Waals surface area (Å²) in [5.41, 5.74) is 2.68. The van der Waals surface area contributed by atoms with E-state index in [1.165, 1.54) is 11.3 Å². The van der Waals surface area contributed by atoms with Crippen LogP contribution in [0.1, 0.15) is 52.2 Å². The van der Waals surface area contributed by atoms with Gasteiger partial charge in [-0.15, -0.1) is 11.3 Å². The number of amides is 1. The second-order valence-corrected chi connectivity index (χ2v) is 7.60. The van der Waals surface area contributed by atoms with Crippen molar-refractivity contribution < 1.29 is 9.21 Å². The van der Waals surface area contributed by atoms with Crippen molar-refractivity contribution in [3.8, 4) is 0 Å². The molecule has 1 fully saturated rings. The molecule has 0 N–H and O–H groups in total. The smallest absolute Gasteiger partial charge is 0.266 e. The first-order valence-electron chi connectivity index (χ1n) is 8.60. The van der Waals surface area contributed by atoms with Gasteiger partial charge in [0.05, 0.1) is 17.9 Å². The highest BCUT2D eigenvalue weighted by Gasteiger charge is 2.32. The summed E-state index contributed by atoms with van der Waals surface area (Å²) in [6.45, 7) is 0.712. The standard InChI is InChI=1S/C19H18ClN3O2S/c20-15-6-2-1-5-13(15)9-14-10-22-18(25-14)16-7-3-4-8-23(16)19(24)17-11-21-12-26-17/h1-2,5-6,10-12,16H,3-4,7-9H2/t16-/m1/s1. The van der Waals surface area contributed by atoms with Gasteiger partial charge < -0.3 is 9.32 Å². The van der Waals surface area contributed by atoms with Crippen LogP contribution in [0.25, 0.3) is 0 Å². The molecule has 26 heavy (non-hydrogen) atoms. The van der Waals surface area contributed by atoms with E-state index < -0.39 is 0 Å². The minimum Gasteiger partial charge on any atom is -0.443 e. The maximum atomic E-state index is 12.8. The van der Waals surface area contributed by atoms with Gasteiger partial charge in [0, 0.05) is 18.0 Å². The molecule has 2 aromatic heterocycles. The highest BCUT2D eigenvalue weighted by molar-refractivity contribution is 7.11. The molecule has 134 valence electrons. The lowest BCUT2D eigenvalue weighted by molar-refractivity contribution is 0.0575. The first kappa shape index (κ1) is 17.2. The third-order valence-electron chi connectivity index (χ3n) is 4.59. The number of carbonyl (C=O) groups is 1. The summed E-state index contributed by atoms with van der Waals surface area (Å²) in [6.07, 6.45) is 6.85. The Labute approximate surface area is 160 Å². The quantitative estimate of drug-likeness (QED) is 0.648. The van der Waals surface area contributed by atoms with Crippen LogP contribution in [0.15, 0.2) is 46.6 Å². The zero-order valence-corrected chi connectivity index (χ0v) is 15.7. The number of rotatable bonds is 4. The zero-order valence-electron chi connectivity index (χ0n) is 14.1. The Morgan fingerprint density at radius 3 is 3.00 bits per heavy atom. The molecule has 1 amide bonds. The van der Waals surface area contributed by atoms with E-state index in [1.54, 1.807) is 17.9 Å². The fourth-order valence-corrected chi connectivity index (χ4v) is 4.06. The van der Waals surface area contributed by atoms with Crippen molar-refractivity contribution >= 4 is 28.8 Å². The van der Waals surface area contributed by atoms with E-state index in [9.17, 15) is 4.79 Å². The molecule has 1 atom stereocenters. The average molecular weight is 388 g/mol. The van der Waals surface area contributed by atoms with E-state index in [0.717, 1.165) is 30.6 Å². The Morgan fingerprint density at radius 2 is 2.19 bits per heavy atom. The van der Waals surface area contributed by atoms with Crippen LogP contribution in [-0.4, -0.2) is 27.3 Å². The summed E-state index contributed by atoms with van der Waals surface area (Å²) in [5.74, 6) is 1.36. The van der Waals surface area contributed by atoms with Gasteiger partial charge >= 0.3 is 0 Å². The largest absolute Gasteiger partial charge is 0.443 e. The van der Waals surface area contributed by atoms with Gasteiger partial charge in [0.15, 0.2) is 0 Å². The summed E-state index contributed by atoms with van der Waals surface area (Å²) < 4.78 is 6.00. The van der Waals surface area contributed by atoms with Crippen LogP contribution in [0.3, 0.4) is 0 Å². The van der Waals surface area contributed by atoms with Crippen molar-refractivity contribution in [3.05, 3.63) is 69.3 Å². The molecule has 1 aromatic carbocycles. The van der Waals surface area contributed by atoms with E-state index >= 15 is 0 Å². The number of nitrogens with zero attached hydrogens (tertiary/aromatic N) is 3. The summed E-state index contributed by atoms with van der Waals surface area (Å²) >= 11 is 7.59. The molecule has 0 unspecified atom stereocenters. The predicted octanol–water partition coefficient (Wildman–Crippen LogP) is 4.74. The van der Waals surface area contributed by atoms with Crippen LogP contribution in [0.4, 0.5) is 0 Å². The molecule has 5 nitrogen and oxygen atoms in total. The number of halogens is 1. The number of aromatic nitrogens is 2. The number of oxazole rings is 1. The van der Waals surface area contributed by atoms with E-state index in [-0.39, 0.29) is 11.9 Å². The summed E-state index contributed by atoms with van der Waals surface area (Å²) in [4.78, 5) is 23.8. The van der Waals surface area contributed by atoms with Gasteiger partial charge in [0.25, 0.3) is 5.91 Å². The van der Waals surface area contributed by atoms with E-state index in [4.69, 9.17) is 16.0 Å². The lowest BCUT2D eigenvalue weighted by atomic mass is 10.0. The third kappa shape index (κ3) is 3.52. The number of carbonyl (C=O) groups excluding carboxylic acids is 1. The van der Waals surface area contributed by atoms with Gasteiger partial charge in [-0.25, -0.2) is 4.98 Å². The van der Waals surface area contributed by atoms with Crippen molar-refractivity contribution in [1.29, 1.82) is 0 Å². The molecule has 3 aromatic rings. The van der Waals surface area contributed by atoms with E-state index in [2.05, 4.69) is 9.97 Å².